The number of nitrogens with one attached hydrogen (secondary N) is 1. The number of halogens is 1. The second kappa shape index (κ2) is 6.92. The van der Waals surface area contributed by atoms with Crippen LogP contribution in [-0.4, -0.2) is 32.8 Å². The molecule has 6 nitrogen and oxygen atoms in total. The number of nitrogens with two attached hydrogens (primary N) is 1. The van der Waals surface area contributed by atoms with E-state index in [1.54, 1.807) is 23.5 Å². The van der Waals surface area contributed by atoms with Gasteiger partial charge in [-0.15, -0.1) is 0 Å². The Kier molecular flexibility index (Phi) is 5.22. The summed E-state index contributed by atoms with van der Waals surface area (Å²) in [5, 5.41) is 2.72. The molecule has 1 unspecified atom stereocenters. The molecule has 0 saturated heterocycles. The van der Waals surface area contributed by atoms with Crippen molar-refractivity contribution in [2.45, 2.75) is 25.3 Å². The predicted octanol–water partition coefficient (Wildman–Crippen LogP) is 1.76. The van der Waals surface area contributed by atoms with Crippen LogP contribution >= 0.6 is 23.4 Å². The molecule has 0 bridgehead atoms. The minimum absolute atomic E-state index is 0.0496. The summed E-state index contributed by atoms with van der Waals surface area (Å²) in [6.07, 6.45) is 5.74. The first kappa shape index (κ1) is 15.1. The number of carbonyl (C=O) groups excluding carboxylic acids is 1. The molecular formula is C12H16ClN5OS. The van der Waals surface area contributed by atoms with Crippen LogP contribution in [-0.2, 0) is 6.54 Å². The molecule has 2 amide bonds. The summed E-state index contributed by atoms with van der Waals surface area (Å²) in [6, 6.07) is -0.226. The van der Waals surface area contributed by atoms with Gasteiger partial charge in [-0.05, 0) is 25.5 Å². The zero-order chi connectivity index (χ0) is 14.5. The minimum Gasteiger partial charge on any atom is -0.330 e. The maximum Gasteiger partial charge on any atom is 0.322 e. The maximum atomic E-state index is 12.1. The van der Waals surface area contributed by atoms with E-state index < -0.39 is 0 Å². The number of nitrogens with zero attached hydrogens (tertiary/aromatic N) is 3. The molecule has 0 radical (unpaired) electrons. The topological polar surface area (TPSA) is 84.1 Å². The molecule has 0 aromatic carbocycles. The normalized spacial score (nSPS) is 18.1. The van der Waals surface area contributed by atoms with Crippen LogP contribution in [0, 0.1) is 6.92 Å². The number of hydrogen-bond acceptors (Lipinski definition) is 5. The first-order valence-corrected chi connectivity index (χ1v) is 7.43. The molecule has 1 aromatic heterocycles. The number of hydrogen-bond donors (Lipinski definition) is 2. The molecule has 8 heteroatoms. The van der Waals surface area contributed by atoms with Crippen molar-refractivity contribution in [2.75, 3.05) is 6.54 Å². The van der Waals surface area contributed by atoms with Gasteiger partial charge in [0.2, 0.25) is 0 Å². The van der Waals surface area contributed by atoms with Crippen LogP contribution in [0.3, 0.4) is 0 Å². The lowest BCUT2D eigenvalue weighted by Crippen LogP contribution is -2.40. The van der Waals surface area contributed by atoms with Gasteiger partial charge in [-0.2, -0.15) is 0 Å². The Morgan fingerprint density at radius 2 is 2.25 bits per heavy atom. The van der Waals surface area contributed by atoms with Gasteiger partial charge in [0.25, 0.3) is 0 Å². The van der Waals surface area contributed by atoms with Gasteiger partial charge in [0.1, 0.15) is 5.82 Å². The van der Waals surface area contributed by atoms with Crippen molar-refractivity contribution in [2.24, 2.45) is 5.73 Å². The van der Waals surface area contributed by atoms with Crippen molar-refractivity contribution in [1.29, 1.82) is 0 Å². The standard InChI is InChI=1S/C12H16ClN5OS/c1-8-4-15-10(16-5-8)6-17-12(19)18-7-9(13)20-11(18)2-3-14/h4-5,7,11H,2-3,6,14H2,1H3,(H,17,19). The van der Waals surface area contributed by atoms with Crippen LogP contribution in [0.15, 0.2) is 23.0 Å². The van der Waals surface area contributed by atoms with Gasteiger partial charge in [-0.1, -0.05) is 23.4 Å². The summed E-state index contributed by atoms with van der Waals surface area (Å²) in [4.78, 5) is 22.0. The molecule has 1 aliphatic rings. The SMILES string of the molecule is Cc1cnc(CNC(=O)N2C=C(Cl)SC2CCN)nc1. The molecule has 20 heavy (non-hydrogen) atoms. The van der Waals surface area contributed by atoms with E-state index >= 15 is 0 Å². The number of carbonyl (C=O) groups is 1. The average molecular weight is 314 g/mol. The highest BCUT2D eigenvalue weighted by molar-refractivity contribution is 8.05. The van der Waals surface area contributed by atoms with Crippen molar-refractivity contribution in [3.63, 3.8) is 0 Å². The molecular weight excluding hydrogens is 298 g/mol. The Morgan fingerprint density at radius 1 is 1.55 bits per heavy atom. The summed E-state index contributed by atoms with van der Waals surface area (Å²) in [6.45, 7) is 2.69. The van der Waals surface area contributed by atoms with E-state index in [4.69, 9.17) is 17.3 Å². The Balaban J connectivity index is 1.92. The maximum absolute atomic E-state index is 12.1. The summed E-state index contributed by atoms with van der Waals surface area (Å²) in [5.41, 5.74) is 6.52. The van der Waals surface area contributed by atoms with Crippen LogP contribution in [0.4, 0.5) is 4.79 Å². The molecule has 108 valence electrons. The molecule has 0 spiro atoms. The van der Waals surface area contributed by atoms with Gasteiger partial charge >= 0.3 is 6.03 Å². The van der Waals surface area contributed by atoms with E-state index in [9.17, 15) is 4.79 Å². The van der Waals surface area contributed by atoms with E-state index in [0.29, 0.717) is 23.2 Å². The molecule has 0 saturated carbocycles. The molecule has 2 rings (SSSR count). The highest BCUT2D eigenvalue weighted by atomic mass is 35.5. The molecule has 3 N–H and O–H groups in total. The van der Waals surface area contributed by atoms with Crippen LogP contribution in [0.5, 0.6) is 0 Å². The number of amides is 2. The van der Waals surface area contributed by atoms with Crippen LogP contribution in [0.2, 0.25) is 0 Å². The summed E-state index contributed by atoms with van der Waals surface area (Å²) >= 11 is 7.38. The Morgan fingerprint density at radius 3 is 2.90 bits per heavy atom. The Bertz CT molecular complexity index is 507. The molecule has 2 heterocycles. The Hall–Kier alpha value is -1.31. The highest BCUT2D eigenvalue weighted by Crippen LogP contribution is 2.36. The molecule has 1 atom stereocenters. The summed E-state index contributed by atoms with van der Waals surface area (Å²) < 4.78 is 0.588. The Labute approximate surface area is 126 Å². The fraction of sp³-hybridized carbons (Fsp3) is 0.417. The lowest BCUT2D eigenvalue weighted by molar-refractivity contribution is 0.211. The van der Waals surface area contributed by atoms with Crippen molar-refractivity contribution in [3.8, 4) is 0 Å². The van der Waals surface area contributed by atoms with E-state index in [1.165, 1.54) is 11.8 Å². The summed E-state index contributed by atoms with van der Waals surface area (Å²) in [7, 11) is 0. The number of urea groups is 1. The molecule has 1 aromatic rings. The van der Waals surface area contributed by atoms with Gasteiger partial charge in [-0.25, -0.2) is 14.8 Å². The van der Waals surface area contributed by atoms with Crippen LogP contribution in [0.1, 0.15) is 17.8 Å². The zero-order valence-corrected chi connectivity index (χ0v) is 12.6. The van der Waals surface area contributed by atoms with Gasteiger partial charge in [0, 0.05) is 18.6 Å². The predicted molar refractivity (Wildman–Crippen MR) is 79.8 cm³/mol. The monoisotopic (exact) mass is 313 g/mol. The fourth-order valence-corrected chi connectivity index (χ4v) is 3.07. The highest BCUT2D eigenvalue weighted by Gasteiger charge is 2.28. The van der Waals surface area contributed by atoms with Gasteiger partial charge in [0.05, 0.1) is 16.3 Å². The van der Waals surface area contributed by atoms with Gasteiger partial charge < -0.3 is 11.1 Å². The van der Waals surface area contributed by atoms with Crippen molar-refractivity contribution >= 4 is 29.4 Å². The van der Waals surface area contributed by atoms with Gasteiger partial charge in [-0.3, -0.25) is 4.90 Å². The fourth-order valence-electron chi connectivity index (χ4n) is 1.70. The third-order valence-electron chi connectivity index (χ3n) is 2.68. The minimum atomic E-state index is -0.226. The lowest BCUT2D eigenvalue weighted by atomic mass is 10.4. The quantitative estimate of drug-likeness (QED) is 0.885. The first-order chi connectivity index (χ1) is 9.60. The largest absolute Gasteiger partial charge is 0.330 e. The molecule has 0 aliphatic carbocycles. The second-order valence-electron chi connectivity index (χ2n) is 4.33. The van der Waals surface area contributed by atoms with Crippen molar-refractivity contribution in [1.82, 2.24) is 20.2 Å². The van der Waals surface area contributed by atoms with E-state index in [0.717, 1.165) is 5.56 Å². The number of rotatable bonds is 4. The number of thioether (sulfide) groups is 1. The smallest absolute Gasteiger partial charge is 0.322 e. The van der Waals surface area contributed by atoms with E-state index in [2.05, 4.69) is 15.3 Å². The third-order valence-corrected chi connectivity index (χ3v) is 4.11. The van der Waals surface area contributed by atoms with E-state index in [-0.39, 0.29) is 17.9 Å². The second-order valence-corrected chi connectivity index (χ2v) is 6.18. The van der Waals surface area contributed by atoms with Crippen molar-refractivity contribution in [3.05, 3.63) is 34.3 Å². The lowest BCUT2D eigenvalue weighted by Gasteiger charge is -2.22. The first-order valence-electron chi connectivity index (χ1n) is 6.18. The average Bonchev–Trinajstić information content (AvgIpc) is 2.79. The number of aryl methyl sites for hydroxylation is 1. The molecule has 1 aliphatic heterocycles. The zero-order valence-electron chi connectivity index (χ0n) is 11.0. The summed E-state index contributed by atoms with van der Waals surface area (Å²) in [5.74, 6) is 0.571. The number of aromatic nitrogens is 2. The molecule has 0 fully saturated rings. The van der Waals surface area contributed by atoms with Gasteiger partial charge in [0.15, 0.2) is 0 Å². The van der Waals surface area contributed by atoms with E-state index in [1.807, 2.05) is 6.92 Å². The van der Waals surface area contributed by atoms with Crippen LogP contribution < -0.4 is 11.1 Å². The van der Waals surface area contributed by atoms with Crippen LogP contribution in [0.25, 0.3) is 0 Å². The van der Waals surface area contributed by atoms with Crippen molar-refractivity contribution < 1.29 is 4.79 Å². The third kappa shape index (κ3) is 3.84.